The zero-order valence-electron chi connectivity index (χ0n) is 27.4. The lowest BCUT2D eigenvalue weighted by Crippen LogP contribution is -2.44. The van der Waals surface area contributed by atoms with E-state index in [0.717, 1.165) is 68.7 Å². The SMILES string of the molecule is CC(C)[Si](C#Cc1cc(NC(=O)N2CCCC2)nc2nc(Nc3ccc(N4CCN(C)CC4)cc3)ncc12)(C(C)C)C(C)C. The van der Waals surface area contributed by atoms with Crippen LogP contribution in [0.3, 0.4) is 0 Å². The molecule has 44 heavy (non-hydrogen) atoms. The fourth-order valence-corrected chi connectivity index (χ4v) is 12.1. The zero-order chi connectivity index (χ0) is 31.4. The third-order valence-corrected chi connectivity index (χ3v) is 15.8. The number of pyridine rings is 1. The summed E-state index contributed by atoms with van der Waals surface area (Å²) in [7, 11) is 0.180. The summed E-state index contributed by atoms with van der Waals surface area (Å²) in [6.45, 7) is 19.6. The van der Waals surface area contributed by atoms with Crippen LogP contribution in [0.5, 0.6) is 0 Å². The average Bonchev–Trinajstić information content (AvgIpc) is 3.53. The van der Waals surface area contributed by atoms with Crippen molar-refractivity contribution >= 4 is 48.3 Å². The van der Waals surface area contributed by atoms with Gasteiger partial charge in [-0.3, -0.25) is 5.32 Å². The minimum atomic E-state index is -1.99. The molecule has 0 saturated carbocycles. The van der Waals surface area contributed by atoms with Gasteiger partial charge in [0.05, 0.1) is 5.39 Å². The van der Waals surface area contributed by atoms with Crippen LogP contribution in [-0.2, 0) is 0 Å². The summed E-state index contributed by atoms with van der Waals surface area (Å²) < 4.78 is 0. The summed E-state index contributed by atoms with van der Waals surface area (Å²) in [4.78, 5) is 33.8. The van der Waals surface area contributed by atoms with Gasteiger partial charge < -0.3 is 20.0 Å². The molecular weight excluding hydrogens is 565 g/mol. The summed E-state index contributed by atoms with van der Waals surface area (Å²) in [5.41, 5.74) is 8.77. The van der Waals surface area contributed by atoms with Gasteiger partial charge >= 0.3 is 6.03 Å². The number of aromatic nitrogens is 3. The molecule has 0 aliphatic carbocycles. The van der Waals surface area contributed by atoms with Gasteiger partial charge in [0.1, 0.15) is 13.9 Å². The van der Waals surface area contributed by atoms with Gasteiger partial charge in [0.2, 0.25) is 5.95 Å². The van der Waals surface area contributed by atoms with Gasteiger partial charge in [0.25, 0.3) is 0 Å². The van der Waals surface area contributed by atoms with E-state index in [4.69, 9.17) is 9.97 Å². The standard InChI is InChI=1S/C34H48N8OSi/c1-24(2)44(25(3)4,26(5)6)21-14-27-22-31(38-34(43)42-15-8-9-16-42)37-32-30(27)23-35-33(39-32)36-28-10-12-29(13-11-28)41-19-17-40(7)18-20-41/h10-13,22-26H,8-9,15-20H2,1-7H3,(H2,35,36,37,38,39,43). The summed E-state index contributed by atoms with van der Waals surface area (Å²) in [5.74, 6) is 4.48. The number of amides is 2. The highest BCUT2D eigenvalue weighted by atomic mass is 28.3. The van der Waals surface area contributed by atoms with Crippen LogP contribution < -0.4 is 15.5 Å². The number of carbonyl (C=O) groups excluding carboxylic acids is 1. The van der Waals surface area contributed by atoms with Crippen molar-refractivity contribution in [1.29, 1.82) is 0 Å². The minimum absolute atomic E-state index is 0.128. The first-order valence-corrected chi connectivity index (χ1v) is 18.4. The second kappa shape index (κ2) is 13.5. The Bertz CT molecular complexity index is 1490. The molecule has 0 radical (unpaired) electrons. The highest BCUT2D eigenvalue weighted by Crippen LogP contribution is 2.41. The van der Waals surface area contributed by atoms with Crippen LogP contribution in [0, 0.1) is 11.5 Å². The number of benzene rings is 1. The lowest BCUT2D eigenvalue weighted by Gasteiger charge is -2.38. The number of rotatable bonds is 7. The van der Waals surface area contributed by atoms with Gasteiger partial charge in [-0.1, -0.05) is 47.5 Å². The van der Waals surface area contributed by atoms with E-state index in [2.05, 4.69) is 110 Å². The number of hydrogen-bond donors (Lipinski definition) is 2. The monoisotopic (exact) mass is 612 g/mol. The normalized spacial score (nSPS) is 16.1. The van der Waals surface area contributed by atoms with E-state index in [9.17, 15) is 4.79 Å². The lowest BCUT2D eigenvalue weighted by atomic mass is 10.2. The van der Waals surface area contributed by atoms with Crippen LogP contribution in [0.15, 0.2) is 36.5 Å². The molecule has 2 fully saturated rings. The number of anilines is 4. The lowest BCUT2D eigenvalue weighted by molar-refractivity contribution is 0.222. The van der Waals surface area contributed by atoms with E-state index >= 15 is 0 Å². The van der Waals surface area contributed by atoms with Crippen LogP contribution in [0.4, 0.5) is 27.9 Å². The maximum absolute atomic E-state index is 13.0. The van der Waals surface area contributed by atoms with Gasteiger partial charge in [0.15, 0.2) is 5.65 Å². The number of urea groups is 1. The molecule has 9 nitrogen and oxygen atoms in total. The van der Waals surface area contributed by atoms with E-state index in [0.29, 0.717) is 34.0 Å². The first kappa shape index (κ1) is 31.7. The summed E-state index contributed by atoms with van der Waals surface area (Å²) in [6.07, 6.45) is 3.86. The quantitative estimate of drug-likeness (QED) is 0.226. The van der Waals surface area contributed by atoms with E-state index in [1.165, 1.54) is 5.69 Å². The molecule has 10 heteroatoms. The topological polar surface area (TPSA) is 89.5 Å². The van der Waals surface area contributed by atoms with Crippen molar-refractivity contribution in [1.82, 2.24) is 24.8 Å². The third kappa shape index (κ3) is 6.84. The molecule has 234 valence electrons. The van der Waals surface area contributed by atoms with Crippen molar-refractivity contribution in [3.63, 3.8) is 0 Å². The first-order chi connectivity index (χ1) is 21.1. The molecule has 3 aromatic rings. The molecule has 1 aromatic carbocycles. The van der Waals surface area contributed by atoms with Crippen LogP contribution in [0.2, 0.25) is 16.6 Å². The first-order valence-electron chi connectivity index (χ1n) is 16.1. The molecule has 2 N–H and O–H groups in total. The number of fused-ring (bicyclic) bond motifs is 1. The molecule has 2 amide bonds. The Hall–Kier alpha value is -3.68. The van der Waals surface area contributed by atoms with Gasteiger partial charge in [0, 0.05) is 62.4 Å². The molecular formula is C34H48N8OSi. The highest BCUT2D eigenvalue weighted by molar-refractivity contribution is 6.90. The van der Waals surface area contributed by atoms with Gasteiger partial charge in [-0.25, -0.2) is 14.8 Å². The van der Waals surface area contributed by atoms with E-state index in [1.54, 1.807) is 6.20 Å². The largest absolute Gasteiger partial charge is 0.369 e. The number of piperazine rings is 1. The Morgan fingerprint density at radius 3 is 2.14 bits per heavy atom. The Balaban J connectivity index is 1.47. The molecule has 2 aliphatic rings. The minimum Gasteiger partial charge on any atom is -0.369 e. The molecule has 0 atom stereocenters. The highest BCUT2D eigenvalue weighted by Gasteiger charge is 2.41. The van der Waals surface area contributed by atoms with Crippen molar-refractivity contribution in [2.24, 2.45) is 0 Å². The second-order valence-corrected chi connectivity index (χ2v) is 18.8. The average molecular weight is 613 g/mol. The Morgan fingerprint density at radius 2 is 1.52 bits per heavy atom. The van der Waals surface area contributed by atoms with Crippen molar-refractivity contribution in [3.8, 4) is 11.5 Å². The van der Waals surface area contributed by atoms with E-state index < -0.39 is 8.07 Å². The number of likely N-dealkylation sites (N-methyl/N-ethyl adjacent to an activating group) is 1. The number of nitrogens with one attached hydrogen (secondary N) is 2. The van der Waals surface area contributed by atoms with E-state index in [1.807, 2.05) is 11.0 Å². The predicted molar refractivity (Wildman–Crippen MR) is 185 cm³/mol. The number of hydrogen-bond acceptors (Lipinski definition) is 7. The molecule has 2 saturated heterocycles. The van der Waals surface area contributed by atoms with Crippen LogP contribution in [0.1, 0.15) is 59.9 Å². The smallest absolute Gasteiger partial charge is 0.323 e. The summed E-state index contributed by atoms with van der Waals surface area (Å²) in [5, 5.41) is 7.15. The van der Waals surface area contributed by atoms with Crippen molar-refractivity contribution in [3.05, 3.63) is 42.1 Å². The summed E-state index contributed by atoms with van der Waals surface area (Å²) in [6, 6.07) is 10.2. The van der Waals surface area contributed by atoms with Gasteiger partial charge in [-0.05, 0) is 66.8 Å². The van der Waals surface area contributed by atoms with Gasteiger partial charge in [-0.2, -0.15) is 4.98 Å². The Labute approximate surface area is 263 Å². The van der Waals surface area contributed by atoms with Crippen LogP contribution in [-0.4, -0.2) is 85.2 Å². The second-order valence-electron chi connectivity index (χ2n) is 13.2. The Morgan fingerprint density at radius 1 is 0.886 bits per heavy atom. The fraction of sp³-hybridized carbons (Fsp3) is 0.529. The molecule has 0 bridgehead atoms. The van der Waals surface area contributed by atoms with Crippen LogP contribution >= 0.6 is 0 Å². The Kier molecular flexibility index (Phi) is 9.76. The third-order valence-electron chi connectivity index (χ3n) is 9.47. The molecule has 4 heterocycles. The van der Waals surface area contributed by atoms with Crippen LogP contribution in [0.25, 0.3) is 11.0 Å². The maximum atomic E-state index is 13.0. The van der Waals surface area contributed by atoms with Crippen molar-refractivity contribution in [2.45, 2.75) is 71.0 Å². The molecule has 0 unspecified atom stereocenters. The number of carbonyl (C=O) groups is 1. The van der Waals surface area contributed by atoms with Crippen molar-refractivity contribution in [2.75, 3.05) is 61.8 Å². The fourth-order valence-electron chi connectivity index (χ4n) is 6.90. The molecule has 2 aliphatic heterocycles. The van der Waals surface area contributed by atoms with E-state index in [-0.39, 0.29) is 6.03 Å². The molecule has 5 rings (SSSR count). The number of nitrogens with zero attached hydrogens (tertiary/aromatic N) is 6. The maximum Gasteiger partial charge on any atom is 0.323 e. The van der Waals surface area contributed by atoms with Crippen molar-refractivity contribution < 1.29 is 4.79 Å². The number of likely N-dealkylation sites (tertiary alicyclic amines) is 1. The predicted octanol–water partition coefficient (Wildman–Crippen LogP) is 6.72. The molecule has 0 spiro atoms. The van der Waals surface area contributed by atoms with Gasteiger partial charge in [-0.15, -0.1) is 5.54 Å². The summed E-state index contributed by atoms with van der Waals surface area (Å²) >= 11 is 0. The molecule has 2 aromatic heterocycles. The zero-order valence-corrected chi connectivity index (χ0v) is 28.4.